The Morgan fingerprint density at radius 3 is 1.37 bits per heavy atom. The molecule has 0 heterocycles. The van der Waals surface area contributed by atoms with E-state index in [1.807, 2.05) is 18.2 Å². The van der Waals surface area contributed by atoms with Crippen LogP contribution in [0.15, 0.2) is 83.5 Å². The Morgan fingerprint density at radius 1 is 0.634 bits per heavy atom. The minimum absolute atomic E-state index is 0. The second-order valence-corrected chi connectivity index (χ2v) is 12.7. The summed E-state index contributed by atoms with van der Waals surface area (Å²) in [6.07, 6.45) is 2.22. The van der Waals surface area contributed by atoms with E-state index in [1.165, 1.54) is 39.2 Å². The molecule has 0 aliphatic rings. The van der Waals surface area contributed by atoms with Crippen LogP contribution in [0.2, 0.25) is 0 Å². The second-order valence-electron chi connectivity index (χ2n) is 11.7. The molecule has 223 valence electrons. The summed E-state index contributed by atoms with van der Waals surface area (Å²) in [7, 11) is 0. The van der Waals surface area contributed by atoms with Crippen molar-refractivity contribution in [1.82, 2.24) is 0 Å². The molecule has 0 amide bonds. The van der Waals surface area contributed by atoms with Gasteiger partial charge in [-0.25, -0.2) is 0 Å². The molecule has 0 unspecified atom stereocenters. The predicted octanol–water partition coefficient (Wildman–Crippen LogP) is 10.2. The second kappa shape index (κ2) is 18.6. The number of anilines is 1. The number of benzene rings is 3. The average Bonchev–Trinajstić information content (AvgIpc) is 2.88. The van der Waals surface area contributed by atoms with Gasteiger partial charge in [-0.15, -0.1) is 0 Å². The number of hydrogen-bond acceptors (Lipinski definition) is 4. The van der Waals surface area contributed by atoms with E-state index in [0.29, 0.717) is 23.7 Å². The van der Waals surface area contributed by atoms with Crippen LogP contribution >= 0.6 is 0 Å². The minimum Gasteiger partial charge on any atom is -0.813 e. The molecule has 5 heteroatoms. The average molecular weight is 649 g/mol. The van der Waals surface area contributed by atoms with E-state index in [2.05, 4.69) is 151 Å². The zero-order valence-corrected chi connectivity index (χ0v) is 30.9. The zero-order chi connectivity index (χ0) is 29.3. The maximum Gasteiger partial charge on any atom is -0.0398 e. The van der Waals surface area contributed by atoms with Gasteiger partial charge in [0.05, 0.1) is 0 Å². The van der Waals surface area contributed by atoms with Gasteiger partial charge in [0.2, 0.25) is 0 Å². The number of allylic oxidation sites excluding steroid dienone is 2. The van der Waals surface area contributed by atoms with Gasteiger partial charge < -0.3 is 27.0 Å². The molecule has 3 aromatic rings. The summed E-state index contributed by atoms with van der Waals surface area (Å²) in [5.41, 5.74) is 11.5. The van der Waals surface area contributed by atoms with Gasteiger partial charge in [0.1, 0.15) is 0 Å². The summed E-state index contributed by atoms with van der Waals surface area (Å²) in [6.45, 7) is 24.5. The Hall–Kier alpha value is -1.89. The summed E-state index contributed by atoms with van der Waals surface area (Å²) < 4.78 is 2.35. The van der Waals surface area contributed by atoms with Crippen molar-refractivity contribution in [3.05, 3.63) is 106 Å². The molecular formula is C36H51GeN2S2-2. The molecule has 0 saturated carbocycles. The van der Waals surface area contributed by atoms with Crippen molar-refractivity contribution in [3.8, 4) is 0 Å². The predicted molar refractivity (Wildman–Crippen MR) is 193 cm³/mol. The molecule has 0 aliphatic carbocycles. The number of thiol groups is 2. The minimum atomic E-state index is 0. The van der Waals surface area contributed by atoms with Crippen molar-refractivity contribution in [1.29, 1.82) is 0 Å². The summed E-state index contributed by atoms with van der Waals surface area (Å²) in [6, 6.07) is 23.6. The molecule has 3 radical (unpaired) electrons. The van der Waals surface area contributed by atoms with Crippen LogP contribution in [0.25, 0.3) is 0 Å². The van der Waals surface area contributed by atoms with Gasteiger partial charge in [0.15, 0.2) is 0 Å². The smallest absolute Gasteiger partial charge is 0.0398 e. The van der Waals surface area contributed by atoms with Gasteiger partial charge >= 0.3 is 206 Å². The Morgan fingerprint density at radius 2 is 1.02 bits per heavy atom. The maximum absolute atomic E-state index is 5.15. The maximum atomic E-state index is 5.15. The number of para-hydroxylation sites is 2. The summed E-state index contributed by atoms with van der Waals surface area (Å²) >= 11 is 2.19. The molecule has 0 aromatic heterocycles. The van der Waals surface area contributed by atoms with Crippen LogP contribution in [0.1, 0.15) is 121 Å². The van der Waals surface area contributed by atoms with Crippen molar-refractivity contribution in [2.45, 2.75) is 99.8 Å². The largest absolute Gasteiger partial charge is 0.813 e. The van der Waals surface area contributed by atoms with Gasteiger partial charge in [0.25, 0.3) is 0 Å². The van der Waals surface area contributed by atoms with Crippen LogP contribution in [0, 0.1) is 6.92 Å². The Kier molecular flexibility index (Phi) is 17.8. The van der Waals surface area contributed by atoms with Crippen molar-refractivity contribution >= 4 is 60.8 Å². The molecule has 0 N–H and O–H groups in total. The number of aliphatic imine (C=N–C) groups is 1. The Bertz CT molecular complexity index is 1210. The molecule has 2 nitrogen and oxygen atoms in total. The van der Waals surface area contributed by atoms with E-state index in [0.717, 1.165) is 11.4 Å². The summed E-state index contributed by atoms with van der Waals surface area (Å²) in [5.74, 6) is 1.83. The molecule has 0 atom stereocenters. The van der Waals surface area contributed by atoms with Crippen molar-refractivity contribution in [3.63, 3.8) is 0 Å². The molecule has 0 fully saturated rings. The normalized spacial score (nSPS) is 11.7. The molecule has 3 rings (SSSR count). The Labute approximate surface area is 274 Å². The van der Waals surface area contributed by atoms with E-state index in [4.69, 9.17) is 4.99 Å². The van der Waals surface area contributed by atoms with Gasteiger partial charge in [0, 0.05) is 0 Å². The van der Waals surface area contributed by atoms with Gasteiger partial charge in [-0.3, -0.25) is 0 Å². The van der Waals surface area contributed by atoms with Crippen molar-refractivity contribution in [2.75, 3.05) is 3.86 Å². The first-order chi connectivity index (χ1) is 18.3. The van der Waals surface area contributed by atoms with Crippen LogP contribution in [0.3, 0.4) is 0 Å². The SMILES string of the molecule is CC(/C=C(/C)[N]([Ge])c1c(C(C)C)cccc1C(C)C)=Nc1c(C(C)C)cccc1C(C)C.Cc1ccccc1.[SH-].[SH-]. The van der Waals surface area contributed by atoms with Gasteiger partial charge in [-0.2, -0.15) is 0 Å². The van der Waals surface area contributed by atoms with Crippen LogP contribution < -0.4 is 3.86 Å². The first-order valence-corrected chi connectivity index (χ1v) is 15.3. The molecule has 41 heavy (non-hydrogen) atoms. The van der Waals surface area contributed by atoms with E-state index >= 15 is 0 Å². The molecule has 0 saturated heterocycles. The molecular weight excluding hydrogens is 597 g/mol. The summed E-state index contributed by atoms with van der Waals surface area (Å²) in [5, 5.41) is 0. The number of nitrogens with zero attached hydrogens (tertiary/aromatic N) is 2. The van der Waals surface area contributed by atoms with Crippen LogP contribution in [-0.4, -0.2) is 22.4 Å². The third-order valence-electron chi connectivity index (χ3n) is 6.91. The fourth-order valence-corrected chi connectivity index (χ4v) is 5.37. The van der Waals surface area contributed by atoms with E-state index in [9.17, 15) is 0 Å². The monoisotopic (exact) mass is 649 g/mol. The van der Waals surface area contributed by atoms with Crippen molar-refractivity contribution in [2.24, 2.45) is 4.99 Å². The third kappa shape index (κ3) is 11.4. The Balaban J connectivity index is 0.00000155. The summed E-state index contributed by atoms with van der Waals surface area (Å²) in [4.78, 5) is 5.15. The van der Waals surface area contributed by atoms with Gasteiger partial charge in [-0.05, 0) is 6.92 Å². The fraction of sp³-hybridized carbons (Fsp3) is 0.417. The number of hydrogen-bond donors (Lipinski definition) is 0. The number of aryl methyl sites for hydroxylation is 1. The molecule has 0 bridgehead atoms. The first kappa shape index (κ1) is 39.1. The van der Waals surface area contributed by atoms with E-state index in [1.54, 1.807) is 0 Å². The molecule has 0 spiro atoms. The van der Waals surface area contributed by atoms with E-state index < -0.39 is 0 Å². The van der Waals surface area contributed by atoms with Crippen LogP contribution in [-0.2, 0) is 27.0 Å². The third-order valence-corrected chi connectivity index (χ3v) is 8.12. The quantitative estimate of drug-likeness (QED) is 0.105. The van der Waals surface area contributed by atoms with Crippen molar-refractivity contribution < 1.29 is 0 Å². The van der Waals surface area contributed by atoms with Gasteiger partial charge in [-0.1, -0.05) is 35.9 Å². The standard InChI is InChI=1S/C29H41GeN2.C7H8.2H2S/c1-18(2)24-13-11-14-25(19(3)4)28(24)31-22(9)17-23(10)32(30)29-26(20(5)6)15-12-16-27(29)21(7)8;1-7-5-3-2-4-6-7;;/h11-21H,1-10H3;2-6H,1H3;2*1H2/p-2/b23-17-,31-22?;;;. The molecule has 0 aliphatic heterocycles. The number of rotatable bonds is 8. The fourth-order valence-electron chi connectivity index (χ4n) is 4.70. The van der Waals surface area contributed by atoms with Crippen LogP contribution in [0.5, 0.6) is 0 Å². The molecule has 3 aromatic carbocycles. The topological polar surface area (TPSA) is 15.6 Å². The zero-order valence-electron chi connectivity index (χ0n) is 27.0. The first-order valence-electron chi connectivity index (χ1n) is 14.4. The van der Waals surface area contributed by atoms with Crippen LogP contribution in [0.4, 0.5) is 11.4 Å². The van der Waals surface area contributed by atoms with E-state index in [-0.39, 0.29) is 27.0 Å².